The molecule has 1 aromatic rings. The van der Waals surface area contributed by atoms with Gasteiger partial charge in [-0.3, -0.25) is 0 Å². The maximum Gasteiger partial charge on any atom is 1.00 e. The van der Waals surface area contributed by atoms with Crippen molar-refractivity contribution in [2.24, 2.45) is 0 Å². The topological polar surface area (TPSA) is 89.5 Å². The second-order valence-corrected chi connectivity index (χ2v) is 9.32. The molecule has 0 radical (unpaired) electrons. The van der Waals surface area contributed by atoms with Crippen LogP contribution < -0.4 is 64.2 Å². The SMILES string of the molecule is CC(C)(C)c1cc(C(F)(F)OC(F)(F)S(=O)(=O)[O-])cc(C(C)(C)C)c1[O-].[Na+].[Na+]. The molecule has 0 saturated heterocycles. The number of benzene rings is 1. The van der Waals surface area contributed by atoms with Gasteiger partial charge in [0, 0.05) is 0 Å². The molecule has 12 heteroatoms. The molecular weight excluding hydrogens is 426 g/mol. The zero-order valence-electron chi connectivity index (χ0n) is 17.1. The third kappa shape index (κ3) is 7.09. The minimum absolute atomic E-state index is 0. The quantitative estimate of drug-likeness (QED) is 0.291. The maximum atomic E-state index is 14.2. The van der Waals surface area contributed by atoms with E-state index in [0.717, 1.165) is 0 Å². The second-order valence-electron chi connectivity index (χ2n) is 7.94. The molecule has 0 spiro atoms. The van der Waals surface area contributed by atoms with Crippen LogP contribution in [-0.4, -0.2) is 18.4 Å². The maximum absolute atomic E-state index is 14.2. The largest absolute Gasteiger partial charge is 1.00 e. The predicted molar refractivity (Wildman–Crippen MR) is 82.9 cm³/mol. The Balaban J connectivity index is 0. The molecule has 0 fully saturated rings. The van der Waals surface area contributed by atoms with Gasteiger partial charge in [0.2, 0.25) is 0 Å². The Morgan fingerprint density at radius 3 is 1.43 bits per heavy atom. The molecule has 150 valence electrons. The van der Waals surface area contributed by atoms with Gasteiger partial charge in [-0.25, -0.2) is 13.2 Å². The average Bonchev–Trinajstić information content (AvgIpc) is 2.32. The molecule has 1 aromatic carbocycles. The first-order chi connectivity index (χ1) is 11.2. The van der Waals surface area contributed by atoms with Crippen LogP contribution in [-0.2, 0) is 31.8 Å². The van der Waals surface area contributed by atoms with Crippen molar-refractivity contribution in [2.45, 2.75) is 63.9 Å². The van der Waals surface area contributed by atoms with E-state index < -0.39 is 43.8 Å². The van der Waals surface area contributed by atoms with Crippen molar-refractivity contribution in [2.75, 3.05) is 0 Å². The van der Waals surface area contributed by atoms with Gasteiger partial charge in [0.25, 0.3) is 0 Å². The average molecular weight is 446 g/mol. The van der Waals surface area contributed by atoms with Crippen LogP contribution in [0, 0.1) is 0 Å². The molecule has 0 N–H and O–H groups in total. The number of halogens is 4. The van der Waals surface area contributed by atoms with Crippen molar-refractivity contribution in [1.29, 1.82) is 0 Å². The zero-order valence-corrected chi connectivity index (χ0v) is 21.9. The number of ether oxygens (including phenoxy) is 1. The molecule has 0 saturated carbocycles. The Morgan fingerprint density at radius 1 is 0.857 bits per heavy atom. The minimum atomic E-state index is -6.48. The summed E-state index contributed by atoms with van der Waals surface area (Å²) >= 11 is 0. The molecule has 1 rings (SSSR count). The Morgan fingerprint density at radius 2 is 1.18 bits per heavy atom. The van der Waals surface area contributed by atoms with Gasteiger partial charge in [0.1, 0.15) is 0 Å². The molecule has 28 heavy (non-hydrogen) atoms. The van der Waals surface area contributed by atoms with Gasteiger partial charge in [0.15, 0.2) is 10.1 Å². The van der Waals surface area contributed by atoms with Crippen LogP contribution in [0.4, 0.5) is 17.6 Å². The van der Waals surface area contributed by atoms with E-state index in [1.807, 2.05) is 0 Å². The zero-order chi connectivity index (χ0) is 20.9. The predicted octanol–water partition coefficient (Wildman–Crippen LogP) is -2.48. The van der Waals surface area contributed by atoms with Crippen LogP contribution in [0.5, 0.6) is 5.75 Å². The molecule has 0 heterocycles. The fraction of sp³-hybridized carbons (Fsp3) is 0.625. The summed E-state index contributed by atoms with van der Waals surface area (Å²) in [6, 6.07) is 1.37. The molecule has 0 aliphatic carbocycles. The molecule has 0 unspecified atom stereocenters. The Kier molecular flexibility index (Phi) is 10.3. The van der Waals surface area contributed by atoms with E-state index in [1.54, 1.807) is 41.5 Å². The first kappa shape index (κ1) is 30.8. The smallest absolute Gasteiger partial charge is 0.872 e. The summed E-state index contributed by atoms with van der Waals surface area (Å²) in [5.74, 6) is -0.534. The van der Waals surface area contributed by atoms with Gasteiger partial charge in [-0.15, -0.1) is 5.75 Å². The Hall–Kier alpha value is 0.610. The van der Waals surface area contributed by atoms with Crippen molar-refractivity contribution < 1.29 is 99.5 Å². The van der Waals surface area contributed by atoms with Crippen LogP contribution in [0.3, 0.4) is 0 Å². The Labute approximate surface area is 206 Å². The third-order valence-electron chi connectivity index (χ3n) is 3.58. The fourth-order valence-corrected chi connectivity index (χ4v) is 2.38. The normalized spacial score (nSPS) is 13.5. The third-order valence-corrected chi connectivity index (χ3v) is 4.24. The molecule has 5 nitrogen and oxygen atoms in total. The van der Waals surface area contributed by atoms with Gasteiger partial charge in [-0.2, -0.15) is 17.6 Å². The van der Waals surface area contributed by atoms with E-state index >= 15 is 0 Å². The summed E-state index contributed by atoms with van der Waals surface area (Å²) in [4.78, 5) is 0. The summed E-state index contributed by atoms with van der Waals surface area (Å²) in [6.07, 6.45) is -4.82. The Bertz CT molecular complexity index is 765. The fourth-order valence-electron chi connectivity index (χ4n) is 2.17. The van der Waals surface area contributed by atoms with Crippen LogP contribution >= 0.6 is 0 Å². The van der Waals surface area contributed by atoms with E-state index in [4.69, 9.17) is 0 Å². The van der Waals surface area contributed by atoms with Gasteiger partial charge in [-0.05, 0) is 34.1 Å². The van der Waals surface area contributed by atoms with Crippen LogP contribution in [0.25, 0.3) is 0 Å². The molecular formula is C16H20F4Na2O5S. The first-order valence-electron chi connectivity index (χ1n) is 7.48. The number of rotatable bonds is 4. The molecule has 0 aromatic heterocycles. The number of alkyl halides is 4. The number of hydrogen-bond acceptors (Lipinski definition) is 5. The van der Waals surface area contributed by atoms with Gasteiger partial charge >= 0.3 is 70.7 Å². The summed E-state index contributed by atoms with van der Waals surface area (Å²) in [6.45, 7) is 9.39. The van der Waals surface area contributed by atoms with Crippen molar-refractivity contribution in [3.05, 3.63) is 28.8 Å². The minimum Gasteiger partial charge on any atom is -0.872 e. The van der Waals surface area contributed by atoms with Gasteiger partial charge < -0.3 is 9.66 Å². The molecule has 0 atom stereocenters. The monoisotopic (exact) mass is 446 g/mol. The molecule has 0 aliphatic heterocycles. The van der Waals surface area contributed by atoms with Crippen molar-refractivity contribution in [1.82, 2.24) is 0 Å². The first-order valence-corrected chi connectivity index (χ1v) is 8.89. The van der Waals surface area contributed by atoms with E-state index in [0.29, 0.717) is 12.1 Å². The molecule has 0 bridgehead atoms. The van der Waals surface area contributed by atoms with Gasteiger partial charge in [0.05, 0.1) is 5.56 Å². The van der Waals surface area contributed by atoms with Crippen LogP contribution in [0.1, 0.15) is 58.2 Å². The standard InChI is InChI=1S/C16H22F4O5S.2Na/c1-13(2,3)10-7-9(8-11(12(10)21)14(4,5)6)15(17,18)25-16(19,20)26(22,23)24;;/h7-8,21H,1-6H3,(H,22,23,24);;/q;2*+1/p-2. The van der Waals surface area contributed by atoms with Crippen LogP contribution in [0.2, 0.25) is 0 Å². The van der Waals surface area contributed by atoms with Crippen molar-refractivity contribution in [3.8, 4) is 5.75 Å². The second kappa shape index (κ2) is 9.40. The van der Waals surface area contributed by atoms with Crippen molar-refractivity contribution >= 4 is 10.1 Å². The van der Waals surface area contributed by atoms with E-state index in [9.17, 15) is 35.6 Å². The van der Waals surface area contributed by atoms with E-state index in [1.165, 1.54) is 0 Å². The van der Waals surface area contributed by atoms with Crippen molar-refractivity contribution in [3.63, 3.8) is 0 Å². The van der Waals surface area contributed by atoms with Gasteiger partial charge in [-0.1, -0.05) is 41.5 Å². The van der Waals surface area contributed by atoms with Crippen LogP contribution in [0.15, 0.2) is 12.1 Å². The molecule has 0 aliphatic rings. The summed E-state index contributed by atoms with van der Waals surface area (Å²) < 4.78 is 89.3. The van der Waals surface area contributed by atoms with E-state index in [2.05, 4.69) is 4.74 Å². The molecule has 0 amide bonds. The summed E-state index contributed by atoms with van der Waals surface area (Å²) in [5, 5.41) is 12.6. The van der Waals surface area contributed by atoms with E-state index in [-0.39, 0.29) is 70.2 Å². The summed E-state index contributed by atoms with van der Waals surface area (Å²) in [7, 11) is -6.48. The number of hydrogen-bond donors (Lipinski definition) is 0. The summed E-state index contributed by atoms with van der Waals surface area (Å²) in [5.41, 5.74) is -8.77.